The summed E-state index contributed by atoms with van der Waals surface area (Å²) in [6, 6.07) is 26.7. The molecule has 10 heteroatoms. The summed E-state index contributed by atoms with van der Waals surface area (Å²) in [6.07, 6.45) is 7.54. The molecular weight excluding hydrogens is 600 g/mol. The van der Waals surface area contributed by atoms with Gasteiger partial charge in [-0.25, -0.2) is 9.36 Å². The van der Waals surface area contributed by atoms with Gasteiger partial charge in [-0.3, -0.25) is 9.59 Å². The molecule has 2 atom stereocenters. The fraction of sp³-hybridized carbons (Fsp3) is 0.263. The van der Waals surface area contributed by atoms with Crippen LogP contribution in [-0.4, -0.2) is 57.6 Å². The Bertz CT molecular complexity index is 2010. The SMILES string of the molecule is [2H][C@@]1(c2ccc(-n3cc4cccc(C(N)=O)c4n3)cc2)CCCNC1.[2H][C@]1(c2ccc(-n3cc4cccc(C(N)=O)c4n3)cc2)CCCNC1. The van der Waals surface area contributed by atoms with Crippen molar-refractivity contribution >= 4 is 33.6 Å². The highest BCUT2D eigenvalue weighted by Crippen LogP contribution is 2.27. The first kappa shape index (κ1) is 28.9. The molecule has 0 unspecified atom stereocenters. The van der Waals surface area contributed by atoms with Gasteiger partial charge in [0.2, 0.25) is 0 Å². The van der Waals surface area contributed by atoms with Crippen LogP contribution in [0.1, 0.15) is 72.1 Å². The van der Waals surface area contributed by atoms with Crippen LogP contribution in [0, 0.1) is 0 Å². The highest BCUT2D eigenvalue weighted by molar-refractivity contribution is 6.05. The van der Waals surface area contributed by atoms with Crippen LogP contribution in [0.4, 0.5) is 0 Å². The zero-order valence-electron chi connectivity index (χ0n) is 28.7. The van der Waals surface area contributed by atoms with E-state index in [0.29, 0.717) is 35.2 Å². The molecule has 6 N–H and O–H groups in total. The summed E-state index contributed by atoms with van der Waals surface area (Å²) in [4.78, 5) is 23.1. The maximum Gasteiger partial charge on any atom is 0.250 e. The van der Waals surface area contributed by atoms with Gasteiger partial charge >= 0.3 is 0 Å². The molecule has 10 nitrogen and oxygen atoms in total. The topological polar surface area (TPSA) is 146 Å². The fourth-order valence-corrected chi connectivity index (χ4v) is 6.45. The molecule has 2 saturated heterocycles. The largest absolute Gasteiger partial charge is 0.366 e. The van der Waals surface area contributed by atoms with E-state index in [0.717, 1.165) is 72.0 Å². The van der Waals surface area contributed by atoms with Crippen molar-refractivity contribution in [3.63, 3.8) is 0 Å². The second-order valence-corrected chi connectivity index (χ2v) is 12.2. The van der Waals surface area contributed by atoms with E-state index < -0.39 is 23.6 Å². The van der Waals surface area contributed by atoms with Gasteiger partial charge in [0.15, 0.2) is 0 Å². The third kappa shape index (κ3) is 6.58. The normalized spacial score (nSPS) is 21.6. The van der Waals surface area contributed by atoms with E-state index in [1.807, 2.05) is 73.1 Å². The van der Waals surface area contributed by atoms with E-state index in [1.165, 1.54) is 0 Å². The van der Waals surface area contributed by atoms with E-state index in [2.05, 4.69) is 20.8 Å². The smallest absolute Gasteiger partial charge is 0.250 e. The van der Waals surface area contributed by atoms with Crippen LogP contribution in [0.15, 0.2) is 97.3 Å². The van der Waals surface area contributed by atoms with Crippen LogP contribution in [0.2, 0.25) is 0 Å². The van der Waals surface area contributed by atoms with E-state index in [4.69, 9.17) is 14.2 Å². The molecule has 0 radical (unpaired) electrons. The summed E-state index contributed by atoms with van der Waals surface area (Å²) in [7, 11) is 0. The third-order valence-electron chi connectivity index (χ3n) is 9.02. The van der Waals surface area contributed by atoms with Crippen LogP contribution in [0.5, 0.6) is 0 Å². The number of fused-ring (bicyclic) bond motifs is 2. The standard InChI is InChI=1S/2C19H20N4O/c2*20-19(24)17-5-1-3-15-12-23(22-18(15)17)16-8-6-13(7-9-16)14-4-2-10-21-11-14/h2*1,3,5-9,12,14,21H,2,4,10-11H2,(H2,20,24)/t2*14-/m10/s1/i2*14D. The number of carbonyl (C=O) groups is 2. The molecule has 2 amide bonds. The first-order valence-electron chi connectivity index (χ1n) is 17.3. The summed E-state index contributed by atoms with van der Waals surface area (Å²) in [5.41, 5.74) is 16.7. The lowest BCUT2D eigenvalue weighted by atomic mass is 9.92. The van der Waals surface area contributed by atoms with Gasteiger partial charge in [0, 0.05) is 39.0 Å². The number of carbonyl (C=O) groups excluding carboxylic acids is 2. The Morgan fingerprint density at radius 3 is 1.42 bits per heavy atom. The van der Waals surface area contributed by atoms with Crippen LogP contribution >= 0.6 is 0 Å². The molecule has 2 aliphatic heterocycles. The molecule has 6 aromatic rings. The number of amides is 2. The monoisotopic (exact) mass is 642 g/mol. The minimum absolute atomic E-state index is 0.422. The van der Waals surface area contributed by atoms with Crippen molar-refractivity contribution in [3.8, 4) is 11.4 Å². The second kappa shape index (κ2) is 13.8. The fourth-order valence-electron chi connectivity index (χ4n) is 6.45. The summed E-state index contributed by atoms with van der Waals surface area (Å²) >= 11 is 0. The average molecular weight is 643 g/mol. The lowest BCUT2D eigenvalue weighted by Crippen LogP contribution is -2.28. The molecule has 2 fully saturated rings. The molecule has 8 rings (SSSR count). The van der Waals surface area contributed by atoms with Crippen molar-refractivity contribution in [3.05, 3.63) is 120 Å². The predicted octanol–water partition coefficient (Wildman–Crippen LogP) is 5.18. The van der Waals surface area contributed by atoms with Crippen molar-refractivity contribution in [2.24, 2.45) is 11.5 Å². The molecular formula is C38H40N8O2. The van der Waals surface area contributed by atoms with Gasteiger partial charge < -0.3 is 22.1 Å². The molecule has 4 heterocycles. The number of hydrogen-bond donors (Lipinski definition) is 4. The number of nitrogens with two attached hydrogens (primary N) is 2. The number of nitrogens with one attached hydrogen (secondary N) is 2. The highest BCUT2D eigenvalue weighted by atomic mass is 16.1. The lowest BCUT2D eigenvalue weighted by Gasteiger charge is -2.23. The molecule has 0 saturated carbocycles. The molecule has 48 heavy (non-hydrogen) atoms. The number of nitrogens with zero attached hydrogens (tertiary/aromatic N) is 4. The summed E-state index contributed by atoms with van der Waals surface area (Å²) in [5.74, 6) is -2.09. The Kier molecular flexibility index (Phi) is 8.30. The Balaban J connectivity index is 0.000000157. The van der Waals surface area contributed by atoms with Gasteiger partial charge in [-0.1, -0.05) is 48.5 Å². The Labute approximate surface area is 281 Å². The second-order valence-electron chi connectivity index (χ2n) is 12.2. The number of aromatic nitrogens is 4. The van der Waals surface area contributed by atoms with Gasteiger partial charge in [0.25, 0.3) is 11.8 Å². The molecule has 244 valence electrons. The van der Waals surface area contributed by atoms with Gasteiger partial charge in [-0.2, -0.15) is 10.2 Å². The zero-order chi connectivity index (χ0) is 34.9. The van der Waals surface area contributed by atoms with E-state index >= 15 is 0 Å². The van der Waals surface area contributed by atoms with Gasteiger partial charge in [-0.15, -0.1) is 0 Å². The molecule has 0 bridgehead atoms. The number of primary amides is 2. The summed E-state index contributed by atoms with van der Waals surface area (Å²) in [5, 5.41) is 17.4. The molecule has 4 aromatic carbocycles. The Morgan fingerprint density at radius 2 is 1.06 bits per heavy atom. The molecule has 2 aliphatic rings. The number of hydrogen-bond acceptors (Lipinski definition) is 6. The lowest BCUT2D eigenvalue weighted by molar-refractivity contribution is 0.0993. The molecule has 0 aliphatic carbocycles. The van der Waals surface area contributed by atoms with Gasteiger partial charge in [0.05, 0.1) is 22.5 Å². The molecule has 2 aromatic heterocycles. The quantitative estimate of drug-likeness (QED) is 0.197. The van der Waals surface area contributed by atoms with Crippen molar-refractivity contribution in [1.29, 1.82) is 0 Å². The van der Waals surface area contributed by atoms with Crippen LogP contribution in [0.25, 0.3) is 33.2 Å². The van der Waals surface area contributed by atoms with Crippen LogP contribution in [-0.2, 0) is 0 Å². The first-order valence-corrected chi connectivity index (χ1v) is 16.3. The van der Waals surface area contributed by atoms with Crippen LogP contribution in [0.3, 0.4) is 0 Å². The average Bonchev–Trinajstić information content (AvgIpc) is 3.78. The highest BCUT2D eigenvalue weighted by Gasteiger charge is 2.17. The molecule has 0 spiro atoms. The number of benzene rings is 4. The summed E-state index contributed by atoms with van der Waals surface area (Å²) < 4.78 is 20.8. The summed E-state index contributed by atoms with van der Waals surface area (Å²) in [6.45, 7) is 3.33. The maximum atomic E-state index is 11.6. The van der Waals surface area contributed by atoms with Gasteiger partial charge in [-0.05, 0) is 98.1 Å². The minimum Gasteiger partial charge on any atom is -0.366 e. The number of rotatable bonds is 6. The van der Waals surface area contributed by atoms with Crippen molar-refractivity contribution in [1.82, 2.24) is 30.2 Å². The van der Waals surface area contributed by atoms with E-state index in [1.54, 1.807) is 33.6 Å². The van der Waals surface area contributed by atoms with Crippen molar-refractivity contribution in [2.45, 2.75) is 37.5 Å². The van der Waals surface area contributed by atoms with Crippen molar-refractivity contribution in [2.75, 3.05) is 26.2 Å². The van der Waals surface area contributed by atoms with E-state index in [9.17, 15) is 9.59 Å². The Morgan fingerprint density at radius 1 is 0.646 bits per heavy atom. The maximum absolute atomic E-state index is 11.6. The Hall–Kier alpha value is -5.32. The third-order valence-corrected chi connectivity index (χ3v) is 9.02. The number of piperidine rings is 2. The predicted molar refractivity (Wildman–Crippen MR) is 189 cm³/mol. The van der Waals surface area contributed by atoms with Crippen LogP contribution < -0.4 is 22.1 Å². The van der Waals surface area contributed by atoms with Gasteiger partial charge in [0.1, 0.15) is 11.0 Å². The van der Waals surface area contributed by atoms with E-state index in [-0.39, 0.29) is 0 Å². The van der Waals surface area contributed by atoms with Crippen molar-refractivity contribution < 1.29 is 12.3 Å². The zero-order valence-corrected chi connectivity index (χ0v) is 26.7. The minimum atomic E-state index is -0.565. The first-order chi connectivity index (χ1) is 24.1.